The van der Waals surface area contributed by atoms with E-state index in [0.29, 0.717) is 0 Å². The van der Waals surface area contributed by atoms with Crippen molar-refractivity contribution in [2.75, 3.05) is 0 Å². The highest BCUT2D eigenvalue weighted by molar-refractivity contribution is 5.75. The third-order valence-corrected chi connectivity index (χ3v) is 0.192. The molecule has 0 aliphatic heterocycles. The Kier molecular flexibility index (Phi) is 12.3. The molecule has 0 saturated heterocycles. The van der Waals surface area contributed by atoms with E-state index in [9.17, 15) is 0 Å². The van der Waals surface area contributed by atoms with E-state index in [-0.39, 0.29) is 11.0 Å². The van der Waals surface area contributed by atoms with Crippen molar-refractivity contribution in [2.45, 2.75) is 0 Å². The molecule has 0 saturated carbocycles. The summed E-state index contributed by atoms with van der Waals surface area (Å²) in [7, 11) is 0. The summed E-state index contributed by atoms with van der Waals surface area (Å²) in [6, 6.07) is 0. The van der Waals surface area contributed by atoms with Gasteiger partial charge < -0.3 is 0 Å². The smallest absolute Gasteiger partial charge is 0.135 e. The molecule has 0 heterocycles. The summed E-state index contributed by atoms with van der Waals surface area (Å²) in [6.07, 6.45) is 2.34. The lowest BCUT2D eigenvalue weighted by atomic mass is 11.2. The highest BCUT2D eigenvalue weighted by Gasteiger charge is 1.58. The van der Waals surface area contributed by atoms with E-state index in [0.717, 1.165) is 0 Å². The average Bonchev–Trinajstić information content (AvgIpc) is 1.61. The fraction of sp³-hybridized carbons (Fsp3) is 0. The second-order valence-electron chi connectivity index (χ2n) is 0.526. The summed E-state index contributed by atoms with van der Waals surface area (Å²) < 4.78 is 0. The van der Waals surface area contributed by atoms with Crippen LogP contribution in [0.25, 0.3) is 0 Å². The molecule has 0 fully saturated rings. The normalized spacial score (nSPS) is 5.14. The van der Waals surface area contributed by atoms with Crippen molar-refractivity contribution in [1.82, 2.24) is 0 Å². The Hall–Kier alpha value is -0.703. The zero-order chi connectivity index (χ0) is 4.83. The zero-order valence-electron chi connectivity index (χ0n) is 3.89. The van der Waals surface area contributed by atoms with E-state index in [1.807, 2.05) is 0 Å². The molecule has 0 N–H and O–H groups in total. The molecule has 3 heteroatoms. The third-order valence-electron chi connectivity index (χ3n) is 0.192. The maximum absolute atomic E-state index is 4.13. The lowest BCUT2D eigenvalue weighted by Crippen LogP contribution is -1.70. The highest BCUT2D eigenvalue weighted by Crippen LogP contribution is 1.73. The van der Waals surface area contributed by atoms with Crippen LogP contribution in [0, 0.1) is 0 Å². The van der Waals surface area contributed by atoms with Crippen molar-refractivity contribution in [3.63, 3.8) is 0 Å². The van der Waals surface area contributed by atoms with Crippen LogP contribution in [-0.2, 0) is 9.78 Å². The SMILES string of the molecule is C=COOC=C.[Si]. The predicted molar refractivity (Wildman–Crippen MR) is 28.3 cm³/mol. The fourth-order valence-electron chi connectivity index (χ4n) is 0.0786. The molecule has 0 aliphatic carbocycles. The molecule has 0 atom stereocenters. The first-order chi connectivity index (χ1) is 2.91. The molecular formula is C4H6O2Si. The van der Waals surface area contributed by atoms with Crippen molar-refractivity contribution in [3.8, 4) is 0 Å². The fourth-order valence-corrected chi connectivity index (χ4v) is 0.0786. The van der Waals surface area contributed by atoms with Gasteiger partial charge in [0.2, 0.25) is 0 Å². The van der Waals surface area contributed by atoms with Gasteiger partial charge in [0.1, 0.15) is 12.5 Å². The quantitative estimate of drug-likeness (QED) is 0.178. The van der Waals surface area contributed by atoms with Gasteiger partial charge in [0.05, 0.1) is 0 Å². The van der Waals surface area contributed by atoms with E-state index >= 15 is 0 Å². The van der Waals surface area contributed by atoms with Crippen LogP contribution >= 0.6 is 0 Å². The summed E-state index contributed by atoms with van der Waals surface area (Å²) in [5.74, 6) is 0. The monoisotopic (exact) mass is 114 g/mol. The first kappa shape index (κ1) is 9.57. The maximum Gasteiger partial charge on any atom is 0.135 e. The van der Waals surface area contributed by atoms with Gasteiger partial charge in [0.15, 0.2) is 0 Å². The van der Waals surface area contributed by atoms with Gasteiger partial charge in [0.25, 0.3) is 0 Å². The summed E-state index contributed by atoms with van der Waals surface area (Å²) in [6.45, 7) is 6.41. The molecule has 0 unspecified atom stereocenters. The van der Waals surface area contributed by atoms with Crippen molar-refractivity contribution in [3.05, 3.63) is 25.7 Å². The van der Waals surface area contributed by atoms with E-state index in [4.69, 9.17) is 0 Å². The summed E-state index contributed by atoms with van der Waals surface area (Å²) in [5.41, 5.74) is 0. The van der Waals surface area contributed by atoms with Crippen LogP contribution in [0.5, 0.6) is 0 Å². The topological polar surface area (TPSA) is 18.5 Å². The Balaban J connectivity index is 0. The van der Waals surface area contributed by atoms with Crippen LogP contribution in [0.1, 0.15) is 0 Å². The largest absolute Gasteiger partial charge is 0.299 e. The predicted octanol–water partition coefficient (Wildman–Crippen LogP) is 0.841. The summed E-state index contributed by atoms with van der Waals surface area (Å²) >= 11 is 0. The van der Waals surface area contributed by atoms with Crippen LogP contribution in [0.15, 0.2) is 25.7 Å². The molecule has 0 aromatic carbocycles. The molecule has 0 bridgehead atoms. The van der Waals surface area contributed by atoms with Gasteiger partial charge in [-0.2, -0.15) is 0 Å². The van der Waals surface area contributed by atoms with Crippen molar-refractivity contribution < 1.29 is 9.78 Å². The van der Waals surface area contributed by atoms with Gasteiger partial charge in [0, 0.05) is 11.0 Å². The molecule has 2 nitrogen and oxygen atoms in total. The Morgan fingerprint density at radius 3 is 1.43 bits per heavy atom. The third kappa shape index (κ3) is 10.9. The van der Waals surface area contributed by atoms with Gasteiger partial charge in [-0.05, 0) is 0 Å². The molecule has 0 aromatic rings. The summed E-state index contributed by atoms with van der Waals surface area (Å²) in [4.78, 5) is 8.26. The number of hydrogen-bond acceptors (Lipinski definition) is 2. The Morgan fingerprint density at radius 1 is 1.00 bits per heavy atom. The van der Waals surface area contributed by atoms with E-state index in [1.165, 1.54) is 12.5 Å². The minimum atomic E-state index is 0. The van der Waals surface area contributed by atoms with Gasteiger partial charge in [-0.3, -0.25) is 9.78 Å². The molecule has 0 spiro atoms. The zero-order valence-corrected chi connectivity index (χ0v) is 4.89. The molecule has 38 valence electrons. The molecule has 7 heavy (non-hydrogen) atoms. The Bertz CT molecular complexity index is 45.7. The first-order valence-electron chi connectivity index (χ1n) is 1.45. The van der Waals surface area contributed by atoms with Gasteiger partial charge >= 0.3 is 0 Å². The minimum absolute atomic E-state index is 0. The van der Waals surface area contributed by atoms with Crippen LogP contribution in [0.3, 0.4) is 0 Å². The van der Waals surface area contributed by atoms with Crippen molar-refractivity contribution >= 4 is 11.0 Å². The molecule has 0 amide bonds. The second kappa shape index (κ2) is 9.00. The van der Waals surface area contributed by atoms with Crippen LogP contribution in [0.2, 0.25) is 0 Å². The maximum atomic E-state index is 4.13. The van der Waals surface area contributed by atoms with Gasteiger partial charge in [-0.1, -0.05) is 13.2 Å². The van der Waals surface area contributed by atoms with Crippen LogP contribution in [-0.4, -0.2) is 11.0 Å². The summed E-state index contributed by atoms with van der Waals surface area (Å²) in [5, 5.41) is 0. The number of rotatable bonds is 3. The van der Waals surface area contributed by atoms with Crippen LogP contribution < -0.4 is 0 Å². The minimum Gasteiger partial charge on any atom is -0.299 e. The standard InChI is InChI=1S/C4H6O2.Si/c1-3-5-6-4-2;/h3-4H,1-2H2;. The molecule has 4 radical (unpaired) electrons. The van der Waals surface area contributed by atoms with Crippen molar-refractivity contribution in [2.24, 2.45) is 0 Å². The lowest BCUT2D eigenvalue weighted by molar-refractivity contribution is -0.194. The first-order valence-corrected chi connectivity index (χ1v) is 1.45. The molecular weight excluding hydrogens is 108 g/mol. The van der Waals surface area contributed by atoms with E-state index in [1.54, 1.807) is 0 Å². The van der Waals surface area contributed by atoms with Gasteiger partial charge in [-0.25, -0.2) is 0 Å². The highest BCUT2D eigenvalue weighted by atomic mass is 28.1. The molecule has 0 aromatic heterocycles. The van der Waals surface area contributed by atoms with E-state index in [2.05, 4.69) is 22.9 Å². The van der Waals surface area contributed by atoms with Gasteiger partial charge in [-0.15, -0.1) is 0 Å². The Morgan fingerprint density at radius 2 is 1.29 bits per heavy atom. The molecule has 0 rings (SSSR count). The average molecular weight is 114 g/mol. The Labute approximate surface area is 47.4 Å². The number of hydrogen-bond donors (Lipinski definition) is 0. The lowest BCUT2D eigenvalue weighted by Gasteiger charge is -1.87. The molecule has 0 aliphatic rings. The van der Waals surface area contributed by atoms with Crippen molar-refractivity contribution in [1.29, 1.82) is 0 Å². The van der Waals surface area contributed by atoms with E-state index < -0.39 is 0 Å². The van der Waals surface area contributed by atoms with Crippen LogP contribution in [0.4, 0.5) is 0 Å². The second-order valence-corrected chi connectivity index (χ2v) is 0.526.